The number of methoxy groups -OCH3 is 1. The summed E-state index contributed by atoms with van der Waals surface area (Å²) < 4.78 is 10.6. The number of allylic oxidation sites excluding steroid dienone is 1. The number of non-ortho nitro benzene ring substituents is 1. The van der Waals surface area contributed by atoms with E-state index in [9.17, 15) is 19.7 Å². The predicted molar refractivity (Wildman–Crippen MR) is 115 cm³/mol. The van der Waals surface area contributed by atoms with Crippen LogP contribution >= 0.6 is 0 Å². The molecule has 0 heterocycles. The van der Waals surface area contributed by atoms with E-state index < -0.39 is 10.9 Å². The maximum Gasteiger partial charge on any atom is 0.337 e. The van der Waals surface area contributed by atoms with Gasteiger partial charge in [0.05, 0.1) is 17.6 Å². The van der Waals surface area contributed by atoms with Gasteiger partial charge in [-0.3, -0.25) is 14.9 Å². The number of nitrogens with zero attached hydrogens (tertiary/aromatic N) is 1. The number of carbonyl (C=O) groups is 2. The lowest BCUT2D eigenvalue weighted by Crippen LogP contribution is -2.02. The van der Waals surface area contributed by atoms with Gasteiger partial charge in [0.1, 0.15) is 12.4 Å². The molecule has 0 aromatic heterocycles. The molecule has 0 unspecified atom stereocenters. The van der Waals surface area contributed by atoms with E-state index in [0.29, 0.717) is 22.4 Å². The van der Waals surface area contributed by atoms with Crippen molar-refractivity contribution in [3.63, 3.8) is 0 Å². The van der Waals surface area contributed by atoms with Crippen molar-refractivity contribution in [3.05, 3.63) is 111 Å². The fourth-order valence-electron chi connectivity index (χ4n) is 2.77. The molecule has 0 bridgehead atoms. The van der Waals surface area contributed by atoms with Gasteiger partial charge >= 0.3 is 5.97 Å². The van der Waals surface area contributed by atoms with E-state index in [0.717, 1.165) is 5.56 Å². The van der Waals surface area contributed by atoms with Crippen LogP contribution in [0.4, 0.5) is 5.69 Å². The molecule has 156 valence electrons. The fourth-order valence-corrected chi connectivity index (χ4v) is 2.77. The van der Waals surface area contributed by atoms with Crippen LogP contribution in [0.3, 0.4) is 0 Å². The second-order valence-electron chi connectivity index (χ2n) is 6.52. The lowest BCUT2D eigenvalue weighted by molar-refractivity contribution is -0.384. The van der Waals surface area contributed by atoms with Gasteiger partial charge in [-0.15, -0.1) is 0 Å². The molecule has 0 amide bonds. The normalized spacial score (nSPS) is 10.6. The summed E-state index contributed by atoms with van der Waals surface area (Å²) in [6, 6.07) is 19.6. The molecule has 0 fully saturated rings. The Hall–Kier alpha value is -4.26. The third-order valence-corrected chi connectivity index (χ3v) is 4.47. The zero-order chi connectivity index (χ0) is 22.2. The number of hydrogen-bond donors (Lipinski definition) is 0. The summed E-state index contributed by atoms with van der Waals surface area (Å²) in [6.07, 6.45) is 3.04. The summed E-state index contributed by atoms with van der Waals surface area (Å²) in [5.74, 6) is -0.0870. The Morgan fingerprint density at radius 1 is 0.935 bits per heavy atom. The Bertz CT molecular complexity index is 1120. The molecule has 7 nitrogen and oxygen atoms in total. The Morgan fingerprint density at radius 3 is 2.23 bits per heavy atom. The van der Waals surface area contributed by atoms with Crippen LogP contribution in [-0.4, -0.2) is 23.8 Å². The highest BCUT2D eigenvalue weighted by atomic mass is 16.6. The number of esters is 1. The number of ketones is 1. The topological polar surface area (TPSA) is 95.7 Å². The molecular weight excluding hydrogens is 398 g/mol. The van der Waals surface area contributed by atoms with Crippen LogP contribution in [0.5, 0.6) is 5.75 Å². The number of nitro benzene ring substituents is 1. The third kappa shape index (κ3) is 5.63. The maximum atomic E-state index is 12.4. The van der Waals surface area contributed by atoms with E-state index in [1.807, 2.05) is 18.2 Å². The quantitative estimate of drug-likeness (QED) is 0.171. The predicted octanol–water partition coefficient (Wildman–Crippen LogP) is 4.86. The standard InChI is InChI=1S/C24H19NO6/c1-30-24(27)20-8-6-17(7-9-20)16-31-23-5-3-2-4-19(23)12-15-22(26)18-10-13-21(14-11-18)25(28)29/h2-15H,16H2,1H3/b15-12+. The molecule has 3 aromatic rings. The third-order valence-electron chi connectivity index (χ3n) is 4.47. The molecule has 0 radical (unpaired) electrons. The first kappa shape index (κ1) is 21.4. The summed E-state index contributed by atoms with van der Waals surface area (Å²) in [7, 11) is 1.33. The van der Waals surface area contributed by atoms with Crippen LogP contribution in [-0.2, 0) is 11.3 Å². The lowest BCUT2D eigenvalue weighted by atomic mass is 10.1. The number of hydrogen-bond acceptors (Lipinski definition) is 6. The van der Waals surface area contributed by atoms with Crippen molar-refractivity contribution in [3.8, 4) is 5.75 Å². The molecule has 7 heteroatoms. The molecular formula is C24H19NO6. The number of ether oxygens (including phenoxy) is 2. The summed E-state index contributed by atoms with van der Waals surface area (Å²) in [6.45, 7) is 0.280. The van der Waals surface area contributed by atoms with E-state index in [2.05, 4.69) is 4.74 Å². The monoisotopic (exact) mass is 417 g/mol. The van der Waals surface area contributed by atoms with Gasteiger partial charge < -0.3 is 9.47 Å². The van der Waals surface area contributed by atoms with Crippen LogP contribution in [0.2, 0.25) is 0 Å². The van der Waals surface area contributed by atoms with Crippen LogP contribution in [0.1, 0.15) is 31.8 Å². The van der Waals surface area contributed by atoms with Gasteiger partial charge in [-0.2, -0.15) is 0 Å². The molecule has 0 spiro atoms. The molecule has 0 saturated heterocycles. The minimum absolute atomic E-state index is 0.0705. The number of carbonyl (C=O) groups excluding carboxylic acids is 2. The largest absolute Gasteiger partial charge is 0.488 e. The van der Waals surface area contributed by atoms with Crippen molar-refractivity contribution in [1.29, 1.82) is 0 Å². The Kier molecular flexibility index (Phi) is 6.90. The van der Waals surface area contributed by atoms with Crippen molar-refractivity contribution >= 4 is 23.5 Å². The van der Waals surface area contributed by atoms with Crippen molar-refractivity contribution in [2.75, 3.05) is 7.11 Å². The minimum atomic E-state index is -0.513. The number of nitro groups is 1. The van der Waals surface area contributed by atoms with Crippen LogP contribution < -0.4 is 4.74 Å². The van der Waals surface area contributed by atoms with Crippen molar-refractivity contribution in [2.45, 2.75) is 6.61 Å². The van der Waals surface area contributed by atoms with Gasteiger partial charge in [0.25, 0.3) is 5.69 Å². The zero-order valence-electron chi connectivity index (χ0n) is 16.7. The maximum absolute atomic E-state index is 12.4. The summed E-state index contributed by atoms with van der Waals surface area (Å²) in [5, 5.41) is 10.7. The van der Waals surface area contributed by atoms with E-state index in [1.54, 1.807) is 36.4 Å². The van der Waals surface area contributed by atoms with E-state index in [1.165, 1.54) is 37.5 Å². The Morgan fingerprint density at radius 2 is 1.58 bits per heavy atom. The average Bonchev–Trinajstić information content (AvgIpc) is 2.81. The fraction of sp³-hybridized carbons (Fsp3) is 0.0833. The number of para-hydroxylation sites is 1. The van der Waals surface area contributed by atoms with Gasteiger partial charge in [0, 0.05) is 23.3 Å². The highest BCUT2D eigenvalue weighted by Gasteiger charge is 2.08. The molecule has 0 saturated carbocycles. The summed E-state index contributed by atoms with van der Waals surface area (Å²) in [4.78, 5) is 34.1. The van der Waals surface area contributed by atoms with Crippen molar-refractivity contribution in [2.24, 2.45) is 0 Å². The molecule has 31 heavy (non-hydrogen) atoms. The van der Waals surface area contributed by atoms with Gasteiger partial charge in [0.2, 0.25) is 0 Å². The van der Waals surface area contributed by atoms with Gasteiger partial charge in [-0.25, -0.2) is 4.79 Å². The second-order valence-corrected chi connectivity index (χ2v) is 6.52. The van der Waals surface area contributed by atoms with E-state index in [4.69, 9.17) is 4.74 Å². The molecule has 0 atom stereocenters. The first-order valence-corrected chi connectivity index (χ1v) is 9.34. The smallest absolute Gasteiger partial charge is 0.337 e. The Labute approximate surface area is 178 Å². The molecule has 0 aliphatic rings. The van der Waals surface area contributed by atoms with E-state index in [-0.39, 0.29) is 18.1 Å². The number of benzene rings is 3. The van der Waals surface area contributed by atoms with Gasteiger partial charge in [-0.05, 0) is 48.0 Å². The highest BCUT2D eigenvalue weighted by Crippen LogP contribution is 2.22. The lowest BCUT2D eigenvalue weighted by Gasteiger charge is -2.09. The van der Waals surface area contributed by atoms with Gasteiger partial charge in [0.15, 0.2) is 5.78 Å². The van der Waals surface area contributed by atoms with Crippen LogP contribution in [0, 0.1) is 10.1 Å². The van der Waals surface area contributed by atoms with Crippen molar-refractivity contribution in [1.82, 2.24) is 0 Å². The average molecular weight is 417 g/mol. The molecule has 3 rings (SSSR count). The van der Waals surface area contributed by atoms with Crippen molar-refractivity contribution < 1.29 is 24.0 Å². The second kappa shape index (κ2) is 9.98. The summed E-state index contributed by atoms with van der Waals surface area (Å²) >= 11 is 0. The SMILES string of the molecule is COC(=O)c1ccc(COc2ccccc2/C=C/C(=O)c2ccc([N+](=O)[O-])cc2)cc1. The Balaban J connectivity index is 1.67. The first-order chi connectivity index (χ1) is 15.0. The molecule has 0 aliphatic carbocycles. The molecule has 3 aromatic carbocycles. The summed E-state index contributed by atoms with van der Waals surface area (Å²) in [5.41, 5.74) is 2.32. The zero-order valence-corrected chi connectivity index (χ0v) is 16.7. The van der Waals surface area contributed by atoms with Crippen LogP contribution in [0.15, 0.2) is 78.9 Å². The minimum Gasteiger partial charge on any atom is -0.488 e. The number of rotatable bonds is 8. The first-order valence-electron chi connectivity index (χ1n) is 9.34. The molecule has 0 aliphatic heterocycles. The van der Waals surface area contributed by atoms with Crippen LogP contribution in [0.25, 0.3) is 6.08 Å². The molecule has 0 N–H and O–H groups in total. The van der Waals surface area contributed by atoms with E-state index >= 15 is 0 Å². The van der Waals surface area contributed by atoms with Gasteiger partial charge in [-0.1, -0.05) is 30.3 Å². The highest BCUT2D eigenvalue weighted by molar-refractivity contribution is 6.07.